The van der Waals surface area contributed by atoms with E-state index >= 15 is 0 Å². The number of hydrogen-bond donors (Lipinski definition) is 0. The number of amides is 1. The predicted octanol–water partition coefficient (Wildman–Crippen LogP) is 7.73. The monoisotopic (exact) mass is 541 g/mol. The van der Waals surface area contributed by atoms with Crippen LogP contribution in [-0.2, 0) is 20.7 Å². The fourth-order valence-corrected chi connectivity index (χ4v) is 3.88. The highest BCUT2D eigenvalue weighted by atomic mass is 19.4. The number of anilines is 1. The molecule has 0 atom stereocenters. The first-order chi connectivity index (χ1) is 18.2. The van der Waals surface area contributed by atoms with Crippen molar-refractivity contribution < 1.29 is 32.2 Å². The van der Waals surface area contributed by atoms with Crippen LogP contribution in [0.4, 0.5) is 18.9 Å². The minimum absolute atomic E-state index is 0.0997. The third-order valence-electron chi connectivity index (χ3n) is 5.78. The quantitative estimate of drug-likeness (QED) is 0.206. The van der Waals surface area contributed by atoms with Crippen molar-refractivity contribution >= 4 is 17.6 Å². The molecule has 8 heteroatoms. The Morgan fingerprint density at radius 2 is 1.33 bits per heavy atom. The Bertz CT molecular complexity index is 1250. The number of alkyl halides is 3. The van der Waals surface area contributed by atoms with Crippen molar-refractivity contribution in [3.8, 4) is 16.9 Å². The molecule has 0 saturated carbocycles. The molecule has 0 heterocycles. The first kappa shape index (κ1) is 29.7. The van der Waals surface area contributed by atoms with Crippen LogP contribution in [-0.4, -0.2) is 29.4 Å². The van der Waals surface area contributed by atoms with Gasteiger partial charge in [-0.15, -0.1) is 13.2 Å². The standard InChI is InChI=1S/C31H34F3NO4/c1-29(2,3)39-28(37)30(4,5)38-26-20-14-22(15-21-26)10-9-13-27(36)35(31(32,33)34)25-18-16-24(17-19-25)23-11-7-6-8-12-23/h6-8,11-12,14-21H,9-10,13H2,1-5H3. The van der Waals surface area contributed by atoms with Crippen molar-refractivity contribution in [1.82, 2.24) is 0 Å². The summed E-state index contributed by atoms with van der Waals surface area (Å²) in [5.74, 6) is -1.07. The summed E-state index contributed by atoms with van der Waals surface area (Å²) in [6.07, 6.45) is -4.48. The van der Waals surface area contributed by atoms with Gasteiger partial charge in [0.15, 0.2) is 5.60 Å². The van der Waals surface area contributed by atoms with Crippen LogP contribution in [0.15, 0.2) is 78.9 Å². The van der Waals surface area contributed by atoms with E-state index in [1.54, 1.807) is 71.0 Å². The summed E-state index contributed by atoms with van der Waals surface area (Å²) >= 11 is 0. The van der Waals surface area contributed by atoms with Crippen molar-refractivity contribution in [1.29, 1.82) is 0 Å². The number of hydrogen-bond acceptors (Lipinski definition) is 4. The van der Waals surface area contributed by atoms with E-state index in [2.05, 4.69) is 0 Å². The van der Waals surface area contributed by atoms with Crippen molar-refractivity contribution in [3.05, 3.63) is 84.4 Å². The second-order valence-electron chi connectivity index (χ2n) is 10.7. The highest BCUT2D eigenvalue weighted by Gasteiger charge is 2.41. The maximum absolute atomic E-state index is 13.8. The number of nitrogens with zero attached hydrogens (tertiary/aromatic N) is 1. The van der Waals surface area contributed by atoms with Crippen molar-refractivity contribution in [2.75, 3.05) is 4.90 Å². The molecule has 39 heavy (non-hydrogen) atoms. The number of halogens is 3. The number of esters is 1. The highest BCUT2D eigenvalue weighted by Crippen LogP contribution is 2.32. The minimum atomic E-state index is -4.84. The zero-order valence-corrected chi connectivity index (χ0v) is 22.8. The SMILES string of the molecule is CC(C)(C)OC(=O)C(C)(C)Oc1ccc(CCCC(=O)N(c2ccc(-c3ccccc3)cc2)C(F)(F)F)cc1. The number of rotatable bonds is 9. The molecule has 0 saturated heterocycles. The van der Waals surface area contributed by atoms with E-state index in [-0.39, 0.29) is 23.4 Å². The summed E-state index contributed by atoms with van der Waals surface area (Å²) in [5.41, 5.74) is 0.389. The Labute approximate surface area is 227 Å². The van der Waals surface area contributed by atoms with Crippen LogP contribution >= 0.6 is 0 Å². The van der Waals surface area contributed by atoms with Crippen molar-refractivity contribution in [2.24, 2.45) is 0 Å². The van der Waals surface area contributed by atoms with Gasteiger partial charge in [-0.2, -0.15) is 0 Å². The fourth-order valence-electron chi connectivity index (χ4n) is 3.88. The normalized spacial score (nSPS) is 12.1. The Morgan fingerprint density at radius 3 is 1.87 bits per heavy atom. The van der Waals surface area contributed by atoms with Gasteiger partial charge in [0, 0.05) is 6.42 Å². The molecule has 0 bridgehead atoms. The number of carbonyl (C=O) groups excluding carboxylic acids is 2. The summed E-state index contributed by atoms with van der Waals surface area (Å²) in [5, 5.41) is 0. The Hall–Kier alpha value is -3.81. The number of ether oxygens (including phenoxy) is 2. The molecule has 0 aliphatic carbocycles. The van der Waals surface area contributed by atoms with Gasteiger partial charge < -0.3 is 9.47 Å². The molecule has 5 nitrogen and oxygen atoms in total. The summed E-state index contributed by atoms with van der Waals surface area (Å²) in [7, 11) is 0. The van der Waals surface area contributed by atoms with Gasteiger partial charge in [0.25, 0.3) is 0 Å². The molecular formula is C31H34F3NO4. The molecule has 208 valence electrons. The van der Waals surface area contributed by atoms with E-state index in [1.807, 2.05) is 30.3 Å². The lowest BCUT2D eigenvalue weighted by Gasteiger charge is -2.29. The van der Waals surface area contributed by atoms with Crippen LogP contribution in [0.1, 0.15) is 53.0 Å². The lowest BCUT2D eigenvalue weighted by molar-refractivity contribution is -0.171. The minimum Gasteiger partial charge on any atom is -0.476 e. The van der Waals surface area contributed by atoms with E-state index < -0.39 is 29.4 Å². The molecule has 3 rings (SSSR count). The summed E-state index contributed by atoms with van der Waals surface area (Å²) in [6, 6.07) is 21.9. The summed E-state index contributed by atoms with van der Waals surface area (Å²) in [6.45, 7) is 8.55. The van der Waals surface area contributed by atoms with Gasteiger partial charge in [-0.25, -0.2) is 9.69 Å². The van der Waals surface area contributed by atoms with Gasteiger partial charge in [-0.3, -0.25) is 4.79 Å². The van der Waals surface area contributed by atoms with Crippen LogP contribution < -0.4 is 9.64 Å². The largest absolute Gasteiger partial charge is 0.491 e. The molecule has 3 aromatic carbocycles. The third-order valence-corrected chi connectivity index (χ3v) is 5.78. The first-order valence-corrected chi connectivity index (χ1v) is 12.7. The van der Waals surface area contributed by atoms with Crippen LogP contribution in [0.2, 0.25) is 0 Å². The number of aryl methyl sites for hydroxylation is 1. The molecule has 0 aliphatic heterocycles. The average Bonchev–Trinajstić information content (AvgIpc) is 2.84. The molecule has 0 spiro atoms. The molecule has 0 radical (unpaired) electrons. The van der Waals surface area contributed by atoms with Crippen molar-refractivity contribution in [3.63, 3.8) is 0 Å². The fraction of sp³-hybridized carbons (Fsp3) is 0.355. The highest BCUT2D eigenvalue weighted by molar-refractivity contribution is 5.94. The van der Waals surface area contributed by atoms with Crippen LogP contribution in [0.5, 0.6) is 5.75 Å². The van der Waals surface area contributed by atoms with Gasteiger partial charge in [-0.05, 0) is 88.4 Å². The molecule has 0 fully saturated rings. The second-order valence-corrected chi connectivity index (χ2v) is 10.7. The lowest BCUT2D eigenvalue weighted by Crippen LogP contribution is -2.43. The van der Waals surface area contributed by atoms with E-state index in [1.165, 1.54) is 12.1 Å². The zero-order chi connectivity index (χ0) is 28.8. The maximum atomic E-state index is 13.8. The van der Waals surface area contributed by atoms with Gasteiger partial charge in [0.1, 0.15) is 11.4 Å². The smallest absolute Gasteiger partial charge is 0.476 e. The summed E-state index contributed by atoms with van der Waals surface area (Å²) < 4.78 is 52.6. The van der Waals surface area contributed by atoms with Gasteiger partial charge in [0.2, 0.25) is 5.91 Å². The average molecular weight is 542 g/mol. The van der Waals surface area contributed by atoms with Crippen molar-refractivity contribution in [2.45, 2.75) is 71.4 Å². The van der Waals surface area contributed by atoms with E-state index in [0.717, 1.165) is 16.7 Å². The van der Waals surface area contributed by atoms with Gasteiger partial charge >= 0.3 is 12.3 Å². The van der Waals surface area contributed by atoms with Gasteiger partial charge in [0.05, 0.1) is 5.69 Å². The van der Waals surface area contributed by atoms with E-state index in [4.69, 9.17) is 9.47 Å². The zero-order valence-electron chi connectivity index (χ0n) is 22.8. The first-order valence-electron chi connectivity index (χ1n) is 12.7. The Kier molecular flexibility index (Phi) is 9.10. The number of carbonyl (C=O) groups is 2. The van der Waals surface area contributed by atoms with E-state index in [9.17, 15) is 22.8 Å². The van der Waals surface area contributed by atoms with Crippen LogP contribution in [0.3, 0.4) is 0 Å². The topological polar surface area (TPSA) is 55.8 Å². The molecule has 1 amide bonds. The van der Waals surface area contributed by atoms with Crippen LogP contribution in [0, 0.1) is 0 Å². The Morgan fingerprint density at radius 1 is 0.769 bits per heavy atom. The van der Waals surface area contributed by atoms with Gasteiger partial charge in [-0.1, -0.05) is 54.6 Å². The maximum Gasteiger partial charge on any atom is 0.491 e. The predicted molar refractivity (Wildman–Crippen MR) is 145 cm³/mol. The molecular weight excluding hydrogens is 507 g/mol. The molecule has 3 aromatic rings. The molecule has 0 aliphatic rings. The second kappa shape index (κ2) is 11.9. The summed E-state index contributed by atoms with van der Waals surface area (Å²) in [4.78, 5) is 25.0. The Balaban J connectivity index is 1.59. The third kappa shape index (κ3) is 8.60. The molecule has 0 aromatic heterocycles. The lowest BCUT2D eigenvalue weighted by atomic mass is 10.0. The molecule has 0 N–H and O–H groups in total. The number of benzene rings is 3. The molecule has 0 unspecified atom stereocenters. The van der Waals surface area contributed by atoms with E-state index in [0.29, 0.717) is 12.2 Å². The van der Waals surface area contributed by atoms with Crippen LogP contribution in [0.25, 0.3) is 11.1 Å².